The van der Waals surface area contributed by atoms with E-state index in [0.717, 1.165) is 44.9 Å². The summed E-state index contributed by atoms with van der Waals surface area (Å²) in [6.45, 7) is 2.19. The number of carbonyl (C=O) groups excluding carboxylic acids is 2. The minimum atomic E-state index is -0.653. The second-order valence-corrected chi connectivity index (χ2v) is 7.35. The van der Waals surface area contributed by atoms with Gasteiger partial charge in [-0.3, -0.25) is 9.59 Å². The smallest absolute Gasteiger partial charge is 0.324 e. The topological polar surface area (TPSA) is 98.8 Å². The van der Waals surface area contributed by atoms with Crippen LogP contribution in [-0.2, 0) is 19.2 Å². The van der Waals surface area contributed by atoms with Gasteiger partial charge in [0.15, 0.2) is 0 Å². The highest BCUT2D eigenvalue weighted by molar-refractivity contribution is 6.26. The third-order valence-corrected chi connectivity index (χ3v) is 4.89. The fraction of sp³-hybridized carbons (Fsp3) is 0.900. The van der Waals surface area contributed by atoms with Gasteiger partial charge < -0.3 is 14.7 Å². The molecule has 0 aromatic carbocycles. The molecule has 7 heteroatoms. The molecule has 0 fully saturated rings. The lowest BCUT2D eigenvalue weighted by atomic mass is 9.99. The Kier molecular flexibility index (Phi) is 17.9. The summed E-state index contributed by atoms with van der Waals surface area (Å²) in [5, 5.41) is 10.4. The van der Waals surface area contributed by atoms with Crippen LogP contribution in [0.1, 0.15) is 96.8 Å². The number of carbonyl (C=O) groups is 2. The van der Waals surface area contributed by atoms with Gasteiger partial charge in [0.25, 0.3) is 0 Å². The molecule has 6 nitrogen and oxygen atoms in total. The molecule has 27 heavy (non-hydrogen) atoms. The molecule has 2 unspecified atom stereocenters. The molecule has 0 aliphatic carbocycles. The molecule has 0 saturated carbocycles. The molecule has 0 saturated heterocycles. The first kappa shape index (κ1) is 26.1. The van der Waals surface area contributed by atoms with Crippen LogP contribution in [0.3, 0.4) is 0 Å². The Balaban J connectivity index is 3.99. The minimum Gasteiger partial charge on any atom is -0.459 e. The van der Waals surface area contributed by atoms with Crippen molar-refractivity contribution in [2.75, 3.05) is 5.88 Å². The van der Waals surface area contributed by atoms with Crippen LogP contribution < -0.4 is 5.90 Å². The van der Waals surface area contributed by atoms with E-state index in [1.165, 1.54) is 25.7 Å². The number of hydrogen-bond acceptors (Lipinski definition) is 6. The monoisotopic (exact) mass is 407 g/mol. The van der Waals surface area contributed by atoms with Crippen LogP contribution in [0.5, 0.6) is 0 Å². The molecule has 0 bridgehead atoms. The van der Waals surface area contributed by atoms with Crippen LogP contribution in [0.25, 0.3) is 0 Å². The number of hydrogen-bond donors (Lipinski definition) is 2. The van der Waals surface area contributed by atoms with Gasteiger partial charge in [-0.1, -0.05) is 64.7 Å². The largest absolute Gasteiger partial charge is 0.459 e. The molecule has 3 N–H and O–H groups in total. The minimum absolute atomic E-state index is 0.190. The fourth-order valence-corrected chi connectivity index (χ4v) is 3.12. The molecule has 0 aliphatic rings. The molecule has 0 spiro atoms. The number of aliphatic hydroxyl groups excluding tert-OH is 1. The van der Waals surface area contributed by atoms with Crippen molar-refractivity contribution in [1.29, 1.82) is 0 Å². The van der Waals surface area contributed by atoms with E-state index in [0.29, 0.717) is 19.3 Å². The Hall–Kier alpha value is -0.850. The van der Waals surface area contributed by atoms with Gasteiger partial charge in [0.2, 0.25) is 0 Å². The zero-order valence-electron chi connectivity index (χ0n) is 16.8. The van der Waals surface area contributed by atoms with Gasteiger partial charge in [0.05, 0.1) is 6.10 Å². The Bertz CT molecular complexity index is 381. The van der Waals surface area contributed by atoms with E-state index < -0.39 is 18.2 Å². The third kappa shape index (κ3) is 15.9. The molecular weight excluding hydrogens is 370 g/mol. The standard InChI is InChI=1S/C20H38ClNO5/c1-2-3-4-5-8-11-14-18(26-20(25)16-21)17(23)13-10-7-6-9-12-15-19(24)27-22/h17-18,23H,2-16,22H2,1H3. The Labute approximate surface area is 169 Å². The van der Waals surface area contributed by atoms with Gasteiger partial charge in [-0.05, 0) is 25.7 Å². The summed E-state index contributed by atoms with van der Waals surface area (Å²) in [5.41, 5.74) is 0. The Morgan fingerprint density at radius 1 is 0.889 bits per heavy atom. The predicted octanol–water partition coefficient (Wildman–Crippen LogP) is 4.40. The average molecular weight is 408 g/mol. The van der Waals surface area contributed by atoms with Crippen LogP contribution in [0.4, 0.5) is 0 Å². The maximum Gasteiger partial charge on any atom is 0.324 e. The van der Waals surface area contributed by atoms with Gasteiger partial charge in [0.1, 0.15) is 12.0 Å². The summed E-state index contributed by atoms with van der Waals surface area (Å²) < 4.78 is 5.34. The van der Waals surface area contributed by atoms with Crippen molar-refractivity contribution in [3.8, 4) is 0 Å². The third-order valence-electron chi connectivity index (χ3n) is 4.68. The van der Waals surface area contributed by atoms with E-state index in [2.05, 4.69) is 11.8 Å². The SMILES string of the molecule is CCCCCCCCC(OC(=O)CCl)C(O)CCCCCCCC(=O)ON. The first-order valence-corrected chi connectivity index (χ1v) is 10.9. The van der Waals surface area contributed by atoms with Gasteiger partial charge >= 0.3 is 11.9 Å². The van der Waals surface area contributed by atoms with Crippen LogP contribution in [0, 0.1) is 0 Å². The molecule has 160 valence electrons. The fourth-order valence-electron chi connectivity index (χ4n) is 3.05. The zero-order valence-corrected chi connectivity index (χ0v) is 17.6. The number of aliphatic hydroxyl groups is 1. The number of halogens is 1. The van der Waals surface area contributed by atoms with Crippen molar-refractivity contribution >= 4 is 23.5 Å². The second kappa shape index (κ2) is 18.5. The summed E-state index contributed by atoms with van der Waals surface area (Å²) in [4.78, 5) is 26.5. The van der Waals surface area contributed by atoms with Crippen molar-refractivity contribution in [2.45, 2.75) is 109 Å². The van der Waals surface area contributed by atoms with E-state index in [4.69, 9.17) is 22.2 Å². The highest BCUT2D eigenvalue weighted by Gasteiger charge is 2.22. The quantitative estimate of drug-likeness (QED) is 0.151. The second-order valence-electron chi connectivity index (χ2n) is 7.08. The van der Waals surface area contributed by atoms with Gasteiger partial charge in [-0.25, -0.2) is 0 Å². The van der Waals surface area contributed by atoms with E-state index in [-0.39, 0.29) is 11.8 Å². The average Bonchev–Trinajstić information content (AvgIpc) is 2.68. The molecule has 0 radical (unpaired) electrons. The number of alkyl halides is 1. The summed E-state index contributed by atoms with van der Waals surface area (Å²) in [7, 11) is 0. The van der Waals surface area contributed by atoms with Crippen molar-refractivity contribution in [1.82, 2.24) is 0 Å². The maximum atomic E-state index is 11.5. The lowest BCUT2D eigenvalue weighted by Gasteiger charge is -2.23. The van der Waals surface area contributed by atoms with Crippen molar-refractivity contribution in [3.05, 3.63) is 0 Å². The molecule has 0 amide bonds. The summed E-state index contributed by atoms with van der Waals surface area (Å²) in [6, 6.07) is 0. The molecule has 0 aromatic rings. The zero-order chi connectivity index (χ0) is 20.3. The van der Waals surface area contributed by atoms with E-state index in [9.17, 15) is 14.7 Å². The van der Waals surface area contributed by atoms with Crippen molar-refractivity contribution < 1.29 is 24.3 Å². The molecule has 0 aromatic heterocycles. The molecule has 0 rings (SSSR count). The Morgan fingerprint density at radius 3 is 2.04 bits per heavy atom. The number of esters is 1. The Morgan fingerprint density at radius 2 is 1.44 bits per heavy atom. The summed E-state index contributed by atoms with van der Waals surface area (Å²) in [6.07, 6.45) is 11.9. The summed E-state index contributed by atoms with van der Waals surface area (Å²) in [5.74, 6) is 3.74. The molecule has 0 aliphatic heterocycles. The predicted molar refractivity (Wildman–Crippen MR) is 107 cm³/mol. The lowest BCUT2D eigenvalue weighted by Crippen LogP contribution is -2.32. The normalized spacial score (nSPS) is 13.2. The maximum absolute atomic E-state index is 11.5. The summed E-state index contributed by atoms with van der Waals surface area (Å²) >= 11 is 5.53. The van der Waals surface area contributed by atoms with Gasteiger partial charge in [-0.2, -0.15) is 5.90 Å². The molecular formula is C20H38ClNO5. The van der Waals surface area contributed by atoms with Gasteiger partial charge in [0, 0.05) is 6.42 Å². The van der Waals surface area contributed by atoms with Crippen LogP contribution in [-0.4, -0.2) is 35.1 Å². The van der Waals surface area contributed by atoms with Crippen molar-refractivity contribution in [3.63, 3.8) is 0 Å². The number of ether oxygens (including phenoxy) is 1. The van der Waals surface area contributed by atoms with E-state index in [1.807, 2.05) is 0 Å². The van der Waals surface area contributed by atoms with Crippen LogP contribution in [0.15, 0.2) is 0 Å². The molecule has 2 atom stereocenters. The number of nitrogens with two attached hydrogens (primary N) is 1. The molecule has 0 heterocycles. The van der Waals surface area contributed by atoms with Crippen LogP contribution in [0.2, 0.25) is 0 Å². The number of unbranched alkanes of at least 4 members (excludes halogenated alkanes) is 9. The van der Waals surface area contributed by atoms with E-state index in [1.54, 1.807) is 0 Å². The highest BCUT2D eigenvalue weighted by atomic mass is 35.5. The lowest BCUT2D eigenvalue weighted by molar-refractivity contribution is -0.152. The van der Waals surface area contributed by atoms with Gasteiger partial charge in [-0.15, -0.1) is 11.6 Å². The highest BCUT2D eigenvalue weighted by Crippen LogP contribution is 2.18. The van der Waals surface area contributed by atoms with Crippen LogP contribution >= 0.6 is 11.6 Å². The number of rotatable bonds is 18. The first-order chi connectivity index (χ1) is 13.0. The van der Waals surface area contributed by atoms with Crippen molar-refractivity contribution in [2.24, 2.45) is 5.90 Å². The van der Waals surface area contributed by atoms with E-state index >= 15 is 0 Å². The first-order valence-electron chi connectivity index (χ1n) is 10.4.